The maximum atomic E-state index is 13.0. The van der Waals surface area contributed by atoms with E-state index in [2.05, 4.69) is 9.97 Å². The van der Waals surface area contributed by atoms with Crippen LogP contribution in [0.3, 0.4) is 0 Å². The van der Waals surface area contributed by atoms with Crippen LogP contribution in [0.4, 0.5) is 10.2 Å². The van der Waals surface area contributed by atoms with E-state index in [1.165, 1.54) is 12.1 Å². The molecule has 1 fully saturated rings. The molecule has 0 bridgehead atoms. The van der Waals surface area contributed by atoms with Gasteiger partial charge < -0.3 is 20.5 Å². The largest absolute Gasteiger partial charge is 0.457 e. The van der Waals surface area contributed by atoms with Crippen LogP contribution in [-0.4, -0.2) is 40.2 Å². The predicted octanol–water partition coefficient (Wildman–Crippen LogP) is 3.14. The van der Waals surface area contributed by atoms with Crippen molar-refractivity contribution in [2.45, 2.75) is 18.9 Å². The number of aliphatic hydroxyl groups excluding tert-OH is 1. The molecule has 1 atom stereocenters. The lowest BCUT2D eigenvalue weighted by atomic mass is 10.2. The molecule has 0 saturated carbocycles. The van der Waals surface area contributed by atoms with Gasteiger partial charge in [0, 0.05) is 18.2 Å². The Kier molecular flexibility index (Phi) is 5.58. The van der Waals surface area contributed by atoms with Crippen LogP contribution in [0.2, 0.25) is 0 Å². The van der Waals surface area contributed by atoms with Gasteiger partial charge in [0.1, 0.15) is 28.8 Å². The fraction of sp³-hybridized carbons (Fsp3) is 0.227. The van der Waals surface area contributed by atoms with Crippen LogP contribution in [0.1, 0.15) is 23.3 Å². The number of aliphatic hydroxyl groups is 1. The summed E-state index contributed by atoms with van der Waals surface area (Å²) < 4.78 is 18.7. The fourth-order valence-electron chi connectivity index (χ4n) is 3.47. The van der Waals surface area contributed by atoms with Crippen molar-refractivity contribution in [3.63, 3.8) is 0 Å². The molecule has 4 rings (SSSR count). The van der Waals surface area contributed by atoms with E-state index in [4.69, 9.17) is 10.5 Å². The Morgan fingerprint density at radius 1 is 1.13 bits per heavy atom. The van der Waals surface area contributed by atoms with Crippen molar-refractivity contribution >= 4 is 11.7 Å². The molecule has 1 aliphatic rings. The summed E-state index contributed by atoms with van der Waals surface area (Å²) in [5.74, 6) is 1.03. The third-order valence-electron chi connectivity index (χ3n) is 5.01. The highest BCUT2D eigenvalue weighted by Gasteiger charge is 2.26. The highest BCUT2D eigenvalue weighted by molar-refractivity contribution is 5.92. The number of rotatable bonds is 6. The first-order chi connectivity index (χ1) is 14.5. The molecular weight excluding hydrogens is 387 g/mol. The average molecular weight is 408 g/mol. The third kappa shape index (κ3) is 4.23. The van der Waals surface area contributed by atoms with Crippen LogP contribution in [0, 0.1) is 5.82 Å². The lowest BCUT2D eigenvalue weighted by Gasteiger charge is -2.24. The summed E-state index contributed by atoms with van der Waals surface area (Å²) >= 11 is 0. The lowest BCUT2D eigenvalue weighted by Crippen LogP contribution is -2.33. The zero-order valence-corrected chi connectivity index (χ0v) is 16.2. The summed E-state index contributed by atoms with van der Waals surface area (Å²) in [5.41, 5.74) is 6.27. The van der Waals surface area contributed by atoms with Gasteiger partial charge in [0.25, 0.3) is 5.91 Å². The molecule has 1 saturated heterocycles. The average Bonchev–Trinajstić information content (AvgIpc) is 3.24. The molecule has 1 unspecified atom stereocenters. The van der Waals surface area contributed by atoms with E-state index in [1.807, 2.05) is 4.90 Å². The molecule has 1 amide bonds. The summed E-state index contributed by atoms with van der Waals surface area (Å²) in [4.78, 5) is 22.7. The van der Waals surface area contributed by atoms with Crippen molar-refractivity contribution in [1.29, 1.82) is 0 Å². The number of nitrogens with two attached hydrogens (primary N) is 1. The normalized spacial score (nSPS) is 15.9. The van der Waals surface area contributed by atoms with Crippen LogP contribution in [-0.2, 0) is 0 Å². The maximum absolute atomic E-state index is 13.0. The molecule has 2 heterocycles. The maximum Gasteiger partial charge on any atom is 0.267 e. The minimum absolute atomic E-state index is 0.0145. The highest BCUT2D eigenvalue weighted by Crippen LogP contribution is 2.28. The number of nitrogens with zero attached hydrogens (tertiary/aromatic N) is 3. The number of amides is 1. The van der Waals surface area contributed by atoms with E-state index in [0.717, 1.165) is 19.4 Å². The van der Waals surface area contributed by atoms with Gasteiger partial charge >= 0.3 is 0 Å². The Balaban J connectivity index is 1.62. The Bertz CT molecular complexity index is 1040. The molecule has 0 spiro atoms. The van der Waals surface area contributed by atoms with Gasteiger partial charge in [-0.3, -0.25) is 4.79 Å². The van der Waals surface area contributed by atoms with Crippen LogP contribution in [0.5, 0.6) is 11.5 Å². The second kappa shape index (κ2) is 8.46. The van der Waals surface area contributed by atoms with E-state index < -0.39 is 5.91 Å². The topological polar surface area (TPSA) is 102 Å². The number of hydrogen-bond donors (Lipinski definition) is 2. The number of carbonyl (C=O) groups excluding carboxylic acids is 1. The molecule has 154 valence electrons. The number of benzene rings is 2. The first-order valence-electron chi connectivity index (χ1n) is 9.64. The van der Waals surface area contributed by atoms with Crippen molar-refractivity contribution in [3.05, 3.63) is 66.1 Å². The molecule has 3 aromatic rings. The Hall–Kier alpha value is -3.52. The molecule has 2 aromatic carbocycles. The van der Waals surface area contributed by atoms with Gasteiger partial charge in [-0.15, -0.1) is 0 Å². The smallest absolute Gasteiger partial charge is 0.267 e. The van der Waals surface area contributed by atoms with Crippen molar-refractivity contribution in [2.75, 3.05) is 18.1 Å². The van der Waals surface area contributed by atoms with Crippen LogP contribution < -0.4 is 15.4 Å². The molecular formula is C22H21FN4O3. The summed E-state index contributed by atoms with van der Waals surface area (Å²) in [6.07, 6.45) is 1.79. The van der Waals surface area contributed by atoms with Gasteiger partial charge in [0.15, 0.2) is 5.82 Å². The second-order valence-electron chi connectivity index (χ2n) is 7.05. The molecule has 8 heteroatoms. The van der Waals surface area contributed by atoms with E-state index >= 15 is 0 Å². The quantitative estimate of drug-likeness (QED) is 0.650. The third-order valence-corrected chi connectivity index (χ3v) is 5.01. The van der Waals surface area contributed by atoms with Crippen LogP contribution in [0.25, 0.3) is 11.4 Å². The zero-order valence-electron chi connectivity index (χ0n) is 16.2. The van der Waals surface area contributed by atoms with E-state index in [9.17, 15) is 14.3 Å². The Morgan fingerprint density at radius 2 is 1.80 bits per heavy atom. The van der Waals surface area contributed by atoms with Gasteiger partial charge in [0.2, 0.25) is 0 Å². The minimum Gasteiger partial charge on any atom is -0.457 e. The number of hydrogen-bond acceptors (Lipinski definition) is 6. The van der Waals surface area contributed by atoms with Gasteiger partial charge in [0.05, 0.1) is 12.6 Å². The summed E-state index contributed by atoms with van der Waals surface area (Å²) in [7, 11) is 0. The van der Waals surface area contributed by atoms with Crippen molar-refractivity contribution in [1.82, 2.24) is 9.97 Å². The van der Waals surface area contributed by atoms with E-state index in [-0.39, 0.29) is 24.2 Å². The molecule has 7 nitrogen and oxygen atoms in total. The number of carbonyl (C=O) groups is 1. The van der Waals surface area contributed by atoms with Crippen molar-refractivity contribution in [3.8, 4) is 22.9 Å². The number of primary amides is 1. The van der Waals surface area contributed by atoms with Gasteiger partial charge in [-0.05, 0) is 61.4 Å². The van der Waals surface area contributed by atoms with Crippen molar-refractivity contribution < 1.29 is 19.0 Å². The summed E-state index contributed by atoms with van der Waals surface area (Å²) in [6, 6.07) is 14.3. The standard InChI is InChI=1S/C22H21FN4O3/c23-15-5-9-18(10-6-15)30-17-7-3-14(4-8-17)22-25-19(21(24)29)12-20(26-22)27-11-1-2-16(27)13-28/h3-10,12,16,28H,1-2,11,13H2,(H2,24,29). The molecule has 1 aromatic heterocycles. The number of ether oxygens (including phenoxy) is 1. The minimum atomic E-state index is -0.643. The number of aromatic nitrogens is 2. The molecule has 30 heavy (non-hydrogen) atoms. The fourth-order valence-corrected chi connectivity index (χ4v) is 3.47. The van der Waals surface area contributed by atoms with Crippen molar-refractivity contribution in [2.24, 2.45) is 5.73 Å². The molecule has 0 radical (unpaired) electrons. The van der Waals surface area contributed by atoms with Gasteiger partial charge in [-0.2, -0.15) is 0 Å². The molecule has 3 N–H and O–H groups in total. The lowest BCUT2D eigenvalue weighted by molar-refractivity contribution is 0.0995. The zero-order chi connectivity index (χ0) is 21.1. The summed E-state index contributed by atoms with van der Waals surface area (Å²) in [5, 5.41) is 9.62. The van der Waals surface area contributed by atoms with E-state index in [0.29, 0.717) is 28.7 Å². The monoisotopic (exact) mass is 408 g/mol. The number of halogens is 1. The van der Waals surface area contributed by atoms with Crippen LogP contribution in [0.15, 0.2) is 54.6 Å². The van der Waals surface area contributed by atoms with Crippen LogP contribution >= 0.6 is 0 Å². The van der Waals surface area contributed by atoms with Gasteiger partial charge in [-0.25, -0.2) is 14.4 Å². The molecule has 1 aliphatic heterocycles. The summed E-state index contributed by atoms with van der Waals surface area (Å²) in [6.45, 7) is 0.755. The second-order valence-corrected chi connectivity index (χ2v) is 7.05. The van der Waals surface area contributed by atoms with E-state index in [1.54, 1.807) is 42.5 Å². The number of anilines is 1. The highest BCUT2D eigenvalue weighted by atomic mass is 19.1. The Labute approximate surface area is 173 Å². The first-order valence-corrected chi connectivity index (χ1v) is 9.64. The predicted molar refractivity (Wildman–Crippen MR) is 110 cm³/mol. The molecule has 0 aliphatic carbocycles. The SMILES string of the molecule is NC(=O)c1cc(N2CCCC2CO)nc(-c2ccc(Oc3ccc(F)cc3)cc2)n1. The Morgan fingerprint density at radius 3 is 2.43 bits per heavy atom. The first kappa shape index (κ1) is 19.8. The van der Waals surface area contributed by atoms with Gasteiger partial charge in [-0.1, -0.05) is 0 Å².